The molecule has 0 amide bonds. The molecule has 0 aliphatic heterocycles. The summed E-state index contributed by atoms with van der Waals surface area (Å²) in [6.45, 7) is 4.05. The highest BCUT2D eigenvalue weighted by Gasteiger charge is 2.10. The van der Waals surface area contributed by atoms with E-state index in [4.69, 9.17) is 12.2 Å². The van der Waals surface area contributed by atoms with E-state index in [0.29, 0.717) is 4.32 Å². The van der Waals surface area contributed by atoms with E-state index in [-0.39, 0.29) is 0 Å². The lowest BCUT2D eigenvalue weighted by Gasteiger charge is -2.22. The molecule has 0 saturated carbocycles. The lowest BCUT2D eigenvalue weighted by Crippen LogP contribution is -2.26. The number of unbranched alkanes of at least 4 members (excludes halogenated alkanes) is 3. The van der Waals surface area contributed by atoms with Gasteiger partial charge in [0.25, 0.3) is 0 Å². The summed E-state index contributed by atoms with van der Waals surface area (Å²) in [5.41, 5.74) is 2.46. The fraction of sp³-hybridized carbons (Fsp3) is 0.438. The number of benzene rings is 1. The Bertz CT molecular complexity index is 562. The first-order chi connectivity index (χ1) is 9.72. The van der Waals surface area contributed by atoms with Crippen molar-refractivity contribution in [2.24, 2.45) is 0 Å². The summed E-state index contributed by atoms with van der Waals surface area (Å²) in [6.07, 6.45) is 7.07. The second-order valence-corrected chi connectivity index (χ2v) is 6.24. The third-order valence-corrected chi connectivity index (χ3v) is 4.13. The van der Waals surface area contributed by atoms with Gasteiger partial charge in [0.15, 0.2) is 0 Å². The van der Waals surface area contributed by atoms with E-state index in [0.717, 1.165) is 13.1 Å². The molecule has 0 aliphatic carbocycles. The summed E-state index contributed by atoms with van der Waals surface area (Å²) in [7, 11) is 0. The van der Waals surface area contributed by atoms with E-state index in [2.05, 4.69) is 53.8 Å². The smallest absolute Gasteiger partial charge is 0.133 e. The van der Waals surface area contributed by atoms with Crippen LogP contribution in [0, 0.1) is 0 Å². The number of aromatic nitrogens is 1. The number of para-hydroxylation sites is 1. The minimum absolute atomic E-state index is 0.687. The predicted octanol–water partition coefficient (Wildman–Crippen LogP) is 4.76. The molecule has 20 heavy (non-hydrogen) atoms. The molecule has 0 atom stereocenters. The zero-order valence-electron chi connectivity index (χ0n) is 11.9. The standard InChI is InChI=1S/C16H22N2S2/c1-2-3-4-7-10-18(16(19)20)12-13-11-17-15-9-6-5-8-14(13)15/h5-6,8-9,11,17H,2-4,7,10,12H2,1H3,(H,19,20). The number of aromatic amines is 1. The molecule has 2 rings (SSSR count). The normalized spacial score (nSPS) is 10.9. The Morgan fingerprint density at radius 3 is 2.80 bits per heavy atom. The van der Waals surface area contributed by atoms with Gasteiger partial charge in [-0.25, -0.2) is 0 Å². The zero-order valence-corrected chi connectivity index (χ0v) is 13.6. The van der Waals surface area contributed by atoms with Gasteiger partial charge in [-0.05, 0) is 18.1 Å². The van der Waals surface area contributed by atoms with Crippen molar-refractivity contribution in [2.45, 2.75) is 39.2 Å². The summed E-state index contributed by atoms with van der Waals surface area (Å²) in [6, 6.07) is 8.38. The van der Waals surface area contributed by atoms with Crippen LogP contribution in [0.2, 0.25) is 0 Å². The quantitative estimate of drug-likeness (QED) is 0.436. The SMILES string of the molecule is CCCCCCN(Cc1c[nH]c2ccccc12)C(=S)S. The Balaban J connectivity index is 2.02. The minimum Gasteiger partial charge on any atom is -0.361 e. The van der Waals surface area contributed by atoms with Gasteiger partial charge in [-0.2, -0.15) is 0 Å². The third kappa shape index (κ3) is 4.00. The first-order valence-electron chi connectivity index (χ1n) is 7.25. The van der Waals surface area contributed by atoms with Gasteiger partial charge in [0.2, 0.25) is 0 Å². The maximum absolute atomic E-state index is 5.27. The average Bonchev–Trinajstić information content (AvgIpc) is 2.85. The van der Waals surface area contributed by atoms with Crippen molar-refractivity contribution in [1.82, 2.24) is 9.88 Å². The Labute approximate surface area is 132 Å². The van der Waals surface area contributed by atoms with Crippen molar-refractivity contribution in [1.29, 1.82) is 0 Å². The van der Waals surface area contributed by atoms with Crippen molar-refractivity contribution < 1.29 is 0 Å². The lowest BCUT2D eigenvalue weighted by molar-refractivity contribution is 0.409. The fourth-order valence-electron chi connectivity index (χ4n) is 2.44. The largest absolute Gasteiger partial charge is 0.361 e. The van der Waals surface area contributed by atoms with Gasteiger partial charge in [-0.15, -0.1) is 12.6 Å². The molecule has 2 aromatic rings. The highest BCUT2D eigenvalue weighted by molar-refractivity contribution is 8.10. The van der Waals surface area contributed by atoms with Crippen LogP contribution < -0.4 is 0 Å². The van der Waals surface area contributed by atoms with Crippen molar-refractivity contribution in [3.8, 4) is 0 Å². The minimum atomic E-state index is 0.687. The summed E-state index contributed by atoms with van der Waals surface area (Å²) in [5, 5.41) is 1.27. The molecule has 0 saturated heterocycles. The van der Waals surface area contributed by atoms with E-state index in [1.807, 2.05) is 6.07 Å². The van der Waals surface area contributed by atoms with Gasteiger partial charge < -0.3 is 9.88 Å². The monoisotopic (exact) mass is 306 g/mol. The molecule has 108 valence electrons. The highest BCUT2D eigenvalue weighted by atomic mass is 32.1. The zero-order chi connectivity index (χ0) is 14.4. The topological polar surface area (TPSA) is 19.0 Å². The van der Waals surface area contributed by atoms with Crippen LogP contribution in [-0.2, 0) is 6.54 Å². The van der Waals surface area contributed by atoms with Crippen LogP contribution >= 0.6 is 24.8 Å². The molecule has 0 unspecified atom stereocenters. The second kappa shape index (κ2) is 7.70. The van der Waals surface area contributed by atoms with Gasteiger partial charge in [-0.1, -0.05) is 56.6 Å². The number of fused-ring (bicyclic) bond motifs is 1. The van der Waals surface area contributed by atoms with Crippen LogP contribution in [0.1, 0.15) is 38.2 Å². The maximum Gasteiger partial charge on any atom is 0.133 e. The summed E-state index contributed by atoms with van der Waals surface area (Å²) >= 11 is 9.64. The maximum atomic E-state index is 5.27. The van der Waals surface area contributed by atoms with Crippen molar-refractivity contribution in [2.75, 3.05) is 6.54 Å². The van der Waals surface area contributed by atoms with Crippen LogP contribution in [-0.4, -0.2) is 20.7 Å². The summed E-state index contributed by atoms with van der Waals surface area (Å²) < 4.78 is 0.687. The molecule has 0 bridgehead atoms. The fourth-order valence-corrected chi connectivity index (χ4v) is 2.77. The molecule has 2 nitrogen and oxygen atoms in total. The van der Waals surface area contributed by atoms with Crippen LogP contribution in [0.4, 0.5) is 0 Å². The third-order valence-electron chi connectivity index (χ3n) is 3.59. The molecule has 0 radical (unpaired) electrons. The van der Waals surface area contributed by atoms with Gasteiger partial charge >= 0.3 is 0 Å². The number of nitrogens with zero attached hydrogens (tertiary/aromatic N) is 1. The van der Waals surface area contributed by atoms with Gasteiger partial charge in [0.05, 0.1) is 0 Å². The van der Waals surface area contributed by atoms with Crippen molar-refractivity contribution in [3.05, 3.63) is 36.0 Å². The molecule has 4 heteroatoms. The highest BCUT2D eigenvalue weighted by Crippen LogP contribution is 2.20. The first-order valence-corrected chi connectivity index (χ1v) is 8.10. The number of rotatable bonds is 7. The molecule has 0 fully saturated rings. The van der Waals surface area contributed by atoms with Crippen molar-refractivity contribution in [3.63, 3.8) is 0 Å². The molecule has 0 spiro atoms. The molecule has 1 N–H and O–H groups in total. The lowest BCUT2D eigenvalue weighted by atomic mass is 10.1. The number of nitrogens with one attached hydrogen (secondary N) is 1. The van der Waals surface area contributed by atoms with E-state index >= 15 is 0 Å². The van der Waals surface area contributed by atoms with Crippen LogP contribution in [0.3, 0.4) is 0 Å². The van der Waals surface area contributed by atoms with E-state index in [9.17, 15) is 0 Å². The molecule has 1 aromatic heterocycles. The van der Waals surface area contributed by atoms with Gasteiger partial charge in [-0.3, -0.25) is 0 Å². The number of H-pyrrole nitrogens is 1. The molecular weight excluding hydrogens is 284 g/mol. The average molecular weight is 306 g/mol. The predicted molar refractivity (Wildman–Crippen MR) is 94.4 cm³/mol. The van der Waals surface area contributed by atoms with Crippen LogP contribution in [0.25, 0.3) is 10.9 Å². The Morgan fingerprint density at radius 2 is 2.05 bits per heavy atom. The molecular formula is C16H22N2S2. The van der Waals surface area contributed by atoms with Crippen molar-refractivity contribution >= 4 is 40.1 Å². The molecule has 1 heterocycles. The van der Waals surface area contributed by atoms with Gasteiger partial charge in [0, 0.05) is 30.2 Å². The summed E-state index contributed by atoms with van der Waals surface area (Å²) in [4.78, 5) is 5.50. The molecule has 1 aromatic carbocycles. The van der Waals surface area contributed by atoms with E-state index in [1.165, 1.54) is 42.1 Å². The van der Waals surface area contributed by atoms with Gasteiger partial charge in [0.1, 0.15) is 4.32 Å². The number of hydrogen-bond acceptors (Lipinski definition) is 1. The number of hydrogen-bond donors (Lipinski definition) is 2. The van der Waals surface area contributed by atoms with E-state index in [1.54, 1.807) is 0 Å². The molecule has 0 aliphatic rings. The number of thiocarbonyl (C=S) groups is 1. The van der Waals surface area contributed by atoms with Crippen LogP contribution in [0.15, 0.2) is 30.5 Å². The Hall–Kier alpha value is -1.000. The second-order valence-electron chi connectivity index (χ2n) is 5.12. The Morgan fingerprint density at radius 1 is 1.25 bits per heavy atom. The summed E-state index contributed by atoms with van der Waals surface area (Å²) in [5.74, 6) is 0. The van der Waals surface area contributed by atoms with Crippen LogP contribution in [0.5, 0.6) is 0 Å². The first kappa shape index (κ1) is 15.4. The Kier molecular flexibility index (Phi) is 5.92. The van der Waals surface area contributed by atoms with E-state index < -0.39 is 0 Å². The number of thiol groups is 1.